The highest BCUT2D eigenvalue weighted by molar-refractivity contribution is 5.73. The van der Waals surface area contributed by atoms with Gasteiger partial charge >= 0.3 is 0 Å². The molecule has 0 radical (unpaired) electrons. The van der Waals surface area contributed by atoms with Gasteiger partial charge in [0.05, 0.1) is 52.9 Å². The Morgan fingerprint density at radius 1 is 0.283 bits per heavy atom. The van der Waals surface area contributed by atoms with Gasteiger partial charge in [0.2, 0.25) is 5.91 Å². The molecule has 0 aliphatic carbocycles. The first-order valence-electron chi connectivity index (χ1n) is 29.2. The molecule has 0 aromatic carbocycles. The van der Waals surface area contributed by atoms with Gasteiger partial charge in [-0.05, 0) is 0 Å². The summed E-state index contributed by atoms with van der Waals surface area (Å²) >= 11 is 0. The Morgan fingerprint density at radius 3 is 0.946 bits per heavy atom. The predicted molar refractivity (Wildman–Crippen MR) is 276 cm³/mol. The van der Waals surface area contributed by atoms with Crippen LogP contribution < -0.4 is 5.32 Å². The van der Waals surface area contributed by atoms with Crippen molar-refractivity contribution in [3.05, 3.63) is 0 Å². The van der Waals surface area contributed by atoms with Crippen molar-refractivity contribution in [2.75, 3.05) is 52.9 Å². The molecule has 536 valence electrons. The summed E-state index contributed by atoms with van der Waals surface area (Å²) in [7, 11) is 0. The SMILES string of the molecule is CC(=O)N[C@@H]1[C@@H](O)[C@H](O[C@@H]2O[C@H](CO[C@H]3O[C@H](CO)[C@@H](O)[C@H](O[C@H]4O[C@H](CO)[C@@H](O)[C@H](O)[C@@H]4O[C@H]4O[C@H](CO)[C@@H](O)[C@H](O)[C@@H]4O)[C@@H]3O)[C@@H](O)[C@H](O[C@H]3O[C@H](CO)[C@@H](O)[C@H](O)[C@@H]3O[C@H]3O[C@H](CO)[C@@H](O)[C@H](O)[C@@H]3O[C@H]3O[C@H](CO)[C@@H](O)[C@H](O)[C@@H]3O)[C@@H]2O)[C@@H](CO)O[C@H]1O. The summed E-state index contributed by atoms with van der Waals surface area (Å²) in [5, 5.41) is 274. The van der Waals surface area contributed by atoms with E-state index in [-0.39, 0.29) is 0 Å². The van der Waals surface area contributed by atoms with Gasteiger partial charge < -0.3 is 204 Å². The average molecular weight is 1360 g/mol. The Bertz CT molecular complexity index is 2260. The third kappa shape index (κ3) is 15.8. The van der Waals surface area contributed by atoms with E-state index in [0.29, 0.717) is 0 Å². The Kier molecular flexibility index (Phi) is 26.9. The molecule has 8 aliphatic heterocycles. The molecule has 8 fully saturated rings. The van der Waals surface area contributed by atoms with Gasteiger partial charge in [-0.2, -0.15) is 0 Å². The molecule has 8 rings (SSSR count). The van der Waals surface area contributed by atoms with Gasteiger partial charge in [-0.15, -0.1) is 0 Å². The molecule has 0 unspecified atom stereocenters. The molecule has 42 nitrogen and oxygen atoms in total. The maximum absolute atomic E-state index is 12.2. The topological polar surface area (TPSA) is 673 Å². The highest BCUT2D eigenvalue weighted by atomic mass is 16.8. The number of aliphatic hydroxyl groups excluding tert-OH is 25. The lowest BCUT2D eigenvalue weighted by atomic mass is 9.94. The number of hydrogen-bond acceptors (Lipinski definition) is 41. The van der Waals surface area contributed by atoms with Gasteiger partial charge in [0.15, 0.2) is 50.3 Å². The number of amides is 1. The zero-order valence-corrected chi connectivity index (χ0v) is 48.5. The summed E-state index contributed by atoms with van der Waals surface area (Å²) < 4.78 is 86.2. The second-order valence-corrected chi connectivity index (χ2v) is 23.1. The fourth-order valence-electron chi connectivity index (χ4n) is 11.7. The van der Waals surface area contributed by atoms with E-state index in [1.807, 2.05) is 0 Å². The lowest BCUT2D eigenvalue weighted by Crippen LogP contribution is -2.69. The number of nitrogens with one attached hydrogen (secondary N) is 1. The minimum Gasteiger partial charge on any atom is -0.394 e. The van der Waals surface area contributed by atoms with Crippen LogP contribution in [0.2, 0.25) is 0 Å². The monoisotopic (exact) mass is 1360 g/mol. The van der Waals surface area contributed by atoms with Gasteiger partial charge in [0, 0.05) is 6.92 Å². The van der Waals surface area contributed by atoms with Crippen LogP contribution >= 0.6 is 0 Å². The van der Waals surface area contributed by atoms with Crippen molar-refractivity contribution in [1.82, 2.24) is 5.32 Å². The number of rotatable bonds is 23. The molecule has 0 saturated carbocycles. The molecule has 42 heteroatoms. The van der Waals surface area contributed by atoms with Crippen LogP contribution in [0.3, 0.4) is 0 Å². The van der Waals surface area contributed by atoms with Crippen LogP contribution in [0.4, 0.5) is 0 Å². The van der Waals surface area contributed by atoms with Gasteiger partial charge in [-0.25, -0.2) is 0 Å². The third-order valence-electron chi connectivity index (χ3n) is 17.0. The fraction of sp³-hybridized carbons (Fsp3) is 0.980. The van der Waals surface area contributed by atoms with Crippen molar-refractivity contribution in [1.29, 1.82) is 0 Å². The predicted octanol–water partition coefficient (Wildman–Crippen LogP) is -18.3. The summed E-state index contributed by atoms with van der Waals surface area (Å²) in [6, 6.07) is -1.72. The standard InChI is InChI=1S/C50H85NO41/c1-10(59)51-19-27(67)37(17(8-58)79-43(19)77)87-47-36(76)39(89-49-42(32(72)24(64)14(5-55)84-49)92-50-41(31(71)23(63)15(6-56)85-50)91-46-34(74)29(69)21(61)12(3-53)82-46)26(66)18(86-47)9-78-44-35(75)38(25(65)16(7-57)80-44)88-48-40(30(70)22(62)13(4-54)83-48)90-45-33(73)28(68)20(60)11(2-52)81-45/h11-50,52-58,60-77H,2-9H2,1H3,(H,51,59)/t11-,12-,13-,14-,15-,16-,17-,18-,19-,20-,21-,22-,23-,24-,25-,26-,27-,28+,29+,30+,31+,32+,33+,34+,35+,36+,37-,38+,39+,40+,41+,42+,43-,44+,45-,46-,47+,48-,49-,50-/m1/s1. The highest BCUT2D eigenvalue weighted by Gasteiger charge is 2.60. The maximum atomic E-state index is 12.2. The third-order valence-corrected chi connectivity index (χ3v) is 17.0. The Hall–Kier alpha value is -2.13. The molecule has 8 saturated heterocycles. The molecular formula is C50H85NO41. The van der Waals surface area contributed by atoms with Gasteiger partial charge in [0.25, 0.3) is 0 Å². The van der Waals surface area contributed by atoms with Crippen molar-refractivity contribution in [2.24, 2.45) is 0 Å². The Morgan fingerprint density at radius 2 is 0.565 bits per heavy atom. The molecule has 0 aromatic rings. The maximum Gasteiger partial charge on any atom is 0.217 e. The van der Waals surface area contributed by atoms with Crippen molar-refractivity contribution in [3.63, 3.8) is 0 Å². The van der Waals surface area contributed by atoms with E-state index < -0.39 is 304 Å². The van der Waals surface area contributed by atoms with E-state index in [1.165, 1.54) is 0 Å². The zero-order chi connectivity index (χ0) is 67.6. The van der Waals surface area contributed by atoms with Crippen molar-refractivity contribution >= 4 is 5.91 Å². The lowest BCUT2D eigenvalue weighted by molar-refractivity contribution is -0.407. The summed E-state index contributed by atoms with van der Waals surface area (Å²) in [5.74, 6) is -0.824. The number of carbonyl (C=O) groups is 1. The molecule has 92 heavy (non-hydrogen) atoms. The average Bonchev–Trinajstić information content (AvgIpc) is 0.785. The zero-order valence-electron chi connectivity index (χ0n) is 48.5. The second-order valence-electron chi connectivity index (χ2n) is 23.1. The number of carbonyl (C=O) groups excluding carboxylic acids is 1. The van der Waals surface area contributed by atoms with Crippen molar-refractivity contribution in [2.45, 2.75) is 253 Å². The molecule has 0 bridgehead atoms. The minimum absolute atomic E-state index is 0.824. The number of ether oxygens (including phenoxy) is 15. The first kappa shape index (κ1) is 75.6. The largest absolute Gasteiger partial charge is 0.394 e. The van der Waals surface area contributed by atoms with E-state index in [0.717, 1.165) is 6.92 Å². The molecule has 0 spiro atoms. The first-order valence-corrected chi connectivity index (χ1v) is 29.2. The summed E-state index contributed by atoms with van der Waals surface area (Å²) in [5.41, 5.74) is 0. The van der Waals surface area contributed by atoms with Crippen LogP contribution in [0.15, 0.2) is 0 Å². The van der Waals surface area contributed by atoms with E-state index >= 15 is 0 Å². The Labute approximate surface area is 519 Å². The van der Waals surface area contributed by atoms with Crippen LogP contribution in [-0.2, 0) is 75.8 Å². The van der Waals surface area contributed by atoms with Crippen molar-refractivity contribution in [3.8, 4) is 0 Å². The van der Waals surface area contributed by atoms with Crippen molar-refractivity contribution < 1.29 is 204 Å². The van der Waals surface area contributed by atoms with Gasteiger partial charge in [0.1, 0.15) is 195 Å². The number of aliphatic hydroxyl groups is 25. The van der Waals surface area contributed by atoms with Gasteiger partial charge in [-0.3, -0.25) is 4.79 Å². The first-order chi connectivity index (χ1) is 43.6. The van der Waals surface area contributed by atoms with E-state index in [4.69, 9.17) is 71.1 Å². The molecule has 8 heterocycles. The van der Waals surface area contributed by atoms with E-state index in [2.05, 4.69) is 5.32 Å². The molecular weight excluding hydrogens is 1270 g/mol. The van der Waals surface area contributed by atoms with Crippen LogP contribution in [0, 0.1) is 0 Å². The summed E-state index contributed by atoms with van der Waals surface area (Å²) in [6.45, 7) is -7.44. The fourth-order valence-corrected chi connectivity index (χ4v) is 11.7. The highest BCUT2D eigenvalue weighted by Crippen LogP contribution is 2.39. The summed E-state index contributed by atoms with van der Waals surface area (Å²) in [6.07, 6.45) is -81.0. The lowest BCUT2D eigenvalue weighted by Gasteiger charge is -2.50. The van der Waals surface area contributed by atoms with Gasteiger partial charge in [-0.1, -0.05) is 0 Å². The molecule has 26 N–H and O–H groups in total. The quantitative estimate of drug-likeness (QED) is 0.0452. The summed E-state index contributed by atoms with van der Waals surface area (Å²) in [4.78, 5) is 12.2. The number of hydrogen-bond donors (Lipinski definition) is 26. The van der Waals surface area contributed by atoms with Crippen LogP contribution in [-0.4, -0.2) is 432 Å². The second kappa shape index (κ2) is 32.7. The van der Waals surface area contributed by atoms with Crippen LogP contribution in [0.1, 0.15) is 6.92 Å². The minimum atomic E-state index is -2.45. The smallest absolute Gasteiger partial charge is 0.217 e. The molecule has 1 amide bonds. The van der Waals surface area contributed by atoms with Crippen LogP contribution in [0.25, 0.3) is 0 Å². The van der Waals surface area contributed by atoms with E-state index in [9.17, 15) is 132 Å². The molecule has 0 aromatic heterocycles. The molecule has 8 aliphatic rings. The Balaban J connectivity index is 1.09. The molecule has 40 atom stereocenters. The van der Waals surface area contributed by atoms with E-state index in [1.54, 1.807) is 0 Å². The normalized spacial score (nSPS) is 52.2. The van der Waals surface area contributed by atoms with Crippen LogP contribution in [0.5, 0.6) is 0 Å².